The second kappa shape index (κ2) is 6.20. The highest BCUT2D eigenvalue weighted by atomic mass is 32.2. The molecule has 2 N–H and O–H groups in total. The average Bonchev–Trinajstić information content (AvgIpc) is 3.22. The highest BCUT2D eigenvalue weighted by molar-refractivity contribution is 7.89. The Morgan fingerprint density at radius 1 is 1.35 bits per heavy atom. The molecule has 0 aromatic heterocycles. The molecule has 1 aromatic rings. The quantitative estimate of drug-likeness (QED) is 0.809. The van der Waals surface area contributed by atoms with E-state index in [-0.39, 0.29) is 10.7 Å². The third-order valence-corrected chi connectivity index (χ3v) is 4.84. The van der Waals surface area contributed by atoms with E-state index in [4.69, 9.17) is 0 Å². The van der Waals surface area contributed by atoms with Crippen molar-refractivity contribution in [3.8, 4) is 0 Å². The van der Waals surface area contributed by atoms with Crippen LogP contribution in [0.15, 0.2) is 17.0 Å². The number of hydrogen-bond acceptors (Lipinski definition) is 3. The summed E-state index contributed by atoms with van der Waals surface area (Å²) in [7, 11) is -3.55. The van der Waals surface area contributed by atoms with Crippen LogP contribution in [0.3, 0.4) is 0 Å². The van der Waals surface area contributed by atoms with Gasteiger partial charge in [-0.05, 0) is 49.9 Å². The van der Waals surface area contributed by atoms with Gasteiger partial charge in [-0.1, -0.05) is 6.92 Å². The van der Waals surface area contributed by atoms with Gasteiger partial charge < -0.3 is 5.32 Å². The van der Waals surface area contributed by atoms with Crippen molar-refractivity contribution < 1.29 is 12.8 Å². The van der Waals surface area contributed by atoms with Crippen molar-refractivity contribution in [2.24, 2.45) is 5.92 Å². The van der Waals surface area contributed by atoms with Crippen LogP contribution >= 0.6 is 0 Å². The molecular formula is C14H21FN2O2S. The molecule has 1 aliphatic rings. The lowest BCUT2D eigenvalue weighted by Crippen LogP contribution is -2.26. The summed E-state index contributed by atoms with van der Waals surface area (Å²) < 4.78 is 41.0. The van der Waals surface area contributed by atoms with Crippen molar-refractivity contribution >= 4 is 10.0 Å². The van der Waals surface area contributed by atoms with E-state index in [9.17, 15) is 12.8 Å². The Bertz CT molecular complexity index is 583. The summed E-state index contributed by atoms with van der Waals surface area (Å²) in [6.07, 6.45) is 2.16. The molecule has 0 unspecified atom stereocenters. The second-order valence-electron chi connectivity index (χ2n) is 5.29. The minimum Gasteiger partial charge on any atom is -0.313 e. The Morgan fingerprint density at radius 2 is 2.05 bits per heavy atom. The van der Waals surface area contributed by atoms with Gasteiger partial charge >= 0.3 is 0 Å². The predicted octanol–water partition coefficient (Wildman–Crippen LogP) is 1.93. The van der Waals surface area contributed by atoms with Crippen LogP contribution in [-0.2, 0) is 16.6 Å². The highest BCUT2D eigenvalue weighted by Crippen LogP contribution is 2.28. The number of halogens is 1. The van der Waals surface area contributed by atoms with E-state index in [1.807, 2.05) is 6.92 Å². The number of rotatable bonds is 7. The number of sulfonamides is 1. The fourth-order valence-electron chi connectivity index (χ4n) is 1.98. The molecule has 0 atom stereocenters. The van der Waals surface area contributed by atoms with E-state index >= 15 is 0 Å². The molecule has 0 radical (unpaired) electrons. The molecule has 0 amide bonds. The van der Waals surface area contributed by atoms with Crippen molar-refractivity contribution in [3.05, 3.63) is 29.1 Å². The molecule has 1 saturated carbocycles. The van der Waals surface area contributed by atoms with Crippen molar-refractivity contribution in [2.75, 3.05) is 13.1 Å². The lowest BCUT2D eigenvalue weighted by Gasteiger charge is -2.11. The predicted molar refractivity (Wildman–Crippen MR) is 76.4 cm³/mol. The first-order chi connectivity index (χ1) is 9.44. The molecule has 1 aromatic carbocycles. The number of nitrogens with one attached hydrogen (secondary N) is 2. The molecule has 0 saturated heterocycles. The summed E-state index contributed by atoms with van der Waals surface area (Å²) in [6, 6.07) is 2.81. The molecule has 0 aliphatic heterocycles. The maximum Gasteiger partial charge on any atom is 0.240 e. The van der Waals surface area contributed by atoms with E-state index in [0.29, 0.717) is 36.7 Å². The van der Waals surface area contributed by atoms with Gasteiger partial charge in [-0.15, -0.1) is 0 Å². The van der Waals surface area contributed by atoms with Crippen LogP contribution < -0.4 is 10.0 Å². The van der Waals surface area contributed by atoms with Gasteiger partial charge in [0.25, 0.3) is 0 Å². The molecule has 1 fully saturated rings. The summed E-state index contributed by atoms with van der Waals surface area (Å²) >= 11 is 0. The van der Waals surface area contributed by atoms with Gasteiger partial charge in [0.2, 0.25) is 10.0 Å². The Labute approximate surface area is 119 Å². The normalized spacial score (nSPS) is 15.6. The maximum absolute atomic E-state index is 14.0. The summed E-state index contributed by atoms with van der Waals surface area (Å²) in [5.74, 6) is 0.125. The van der Waals surface area contributed by atoms with Gasteiger partial charge in [0.05, 0.1) is 4.90 Å². The Morgan fingerprint density at radius 3 is 2.65 bits per heavy atom. The lowest BCUT2D eigenvalue weighted by atomic mass is 10.1. The average molecular weight is 300 g/mol. The summed E-state index contributed by atoms with van der Waals surface area (Å²) in [6.45, 7) is 5.01. The van der Waals surface area contributed by atoms with Crippen molar-refractivity contribution in [1.29, 1.82) is 0 Å². The van der Waals surface area contributed by atoms with Gasteiger partial charge in [0, 0.05) is 18.7 Å². The number of benzene rings is 1. The first-order valence-electron chi connectivity index (χ1n) is 6.93. The van der Waals surface area contributed by atoms with Gasteiger partial charge in [0.1, 0.15) is 5.82 Å². The zero-order valence-electron chi connectivity index (χ0n) is 11.9. The smallest absolute Gasteiger partial charge is 0.240 e. The van der Waals surface area contributed by atoms with E-state index in [1.165, 1.54) is 12.1 Å². The Kier molecular flexibility index (Phi) is 4.78. The zero-order chi connectivity index (χ0) is 14.8. The molecule has 4 nitrogen and oxygen atoms in total. The van der Waals surface area contributed by atoms with Crippen LogP contribution in [0.4, 0.5) is 4.39 Å². The van der Waals surface area contributed by atoms with Crippen LogP contribution in [0.2, 0.25) is 0 Å². The first-order valence-corrected chi connectivity index (χ1v) is 8.41. The molecular weight excluding hydrogens is 279 g/mol. The van der Waals surface area contributed by atoms with E-state index in [0.717, 1.165) is 12.8 Å². The molecule has 0 heterocycles. The third kappa shape index (κ3) is 3.77. The van der Waals surface area contributed by atoms with Gasteiger partial charge in [-0.25, -0.2) is 17.5 Å². The Balaban J connectivity index is 2.23. The second-order valence-corrected chi connectivity index (χ2v) is 7.06. The fourth-order valence-corrected chi connectivity index (χ4v) is 3.23. The first kappa shape index (κ1) is 15.4. The van der Waals surface area contributed by atoms with Crippen LogP contribution in [-0.4, -0.2) is 21.5 Å². The molecule has 0 spiro atoms. The fraction of sp³-hybridized carbons (Fsp3) is 0.571. The van der Waals surface area contributed by atoms with Crippen molar-refractivity contribution in [1.82, 2.24) is 10.0 Å². The van der Waals surface area contributed by atoms with E-state index in [1.54, 1.807) is 6.92 Å². The van der Waals surface area contributed by atoms with Crippen LogP contribution in [0.5, 0.6) is 0 Å². The molecule has 2 rings (SSSR count). The number of hydrogen-bond donors (Lipinski definition) is 2. The monoisotopic (exact) mass is 300 g/mol. The van der Waals surface area contributed by atoms with Gasteiger partial charge in [-0.3, -0.25) is 0 Å². The minimum absolute atomic E-state index is 0.143. The van der Waals surface area contributed by atoms with Crippen molar-refractivity contribution in [3.63, 3.8) is 0 Å². The van der Waals surface area contributed by atoms with E-state index in [2.05, 4.69) is 10.0 Å². The Hall–Kier alpha value is -0.980. The molecule has 1 aliphatic carbocycles. The van der Waals surface area contributed by atoms with Crippen molar-refractivity contribution in [2.45, 2.75) is 38.1 Å². The SMILES string of the molecule is CCNCc1cc(S(=O)(=O)NCC2CC2)cc(C)c1F. The zero-order valence-corrected chi connectivity index (χ0v) is 12.7. The summed E-state index contributed by atoms with van der Waals surface area (Å²) in [4.78, 5) is 0.143. The summed E-state index contributed by atoms with van der Waals surface area (Å²) in [5.41, 5.74) is 0.742. The topological polar surface area (TPSA) is 58.2 Å². The largest absolute Gasteiger partial charge is 0.313 e. The van der Waals surface area contributed by atoms with Crippen LogP contribution in [0.25, 0.3) is 0 Å². The van der Waals surface area contributed by atoms with Crippen LogP contribution in [0.1, 0.15) is 30.9 Å². The van der Waals surface area contributed by atoms with Gasteiger partial charge in [0.15, 0.2) is 0 Å². The summed E-state index contributed by atoms with van der Waals surface area (Å²) in [5, 5.41) is 3.02. The third-order valence-electron chi connectivity index (χ3n) is 3.44. The molecule has 0 bridgehead atoms. The standard InChI is InChI=1S/C14H21FN2O2S/c1-3-16-9-12-7-13(6-10(2)14(12)15)20(18,19)17-8-11-4-5-11/h6-7,11,16-17H,3-5,8-9H2,1-2H3. The van der Waals surface area contributed by atoms with Crippen LogP contribution in [0, 0.1) is 18.7 Å². The molecule has 112 valence electrons. The minimum atomic E-state index is -3.55. The highest BCUT2D eigenvalue weighted by Gasteiger charge is 2.25. The molecule has 6 heteroatoms. The van der Waals surface area contributed by atoms with E-state index < -0.39 is 10.0 Å². The molecule has 20 heavy (non-hydrogen) atoms. The lowest BCUT2D eigenvalue weighted by molar-refractivity contribution is 0.570. The maximum atomic E-state index is 14.0. The van der Waals surface area contributed by atoms with Gasteiger partial charge in [-0.2, -0.15) is 0 Å². The number of aryl methyl sites for hydroxylation is 1.